The molecule has 0 spiro atoms. The molecule has 0 fully saturated rings. The number of rotatable bonds is 0. The molecule has 0 aromatic carbocycles. The van der Waals surface area contributed by atoms with Gasteiger partial charge in [0, 0.05) is 0 Å². The Labute approximate surface area is 92.1 Å². The van der Waals surface area contributed by atoms with E-state index in [4.69, 9.17) is 9.59 Å². The van der Waals surface area contributed by atoms with Gasteiger partial charge >= 0.3 is 0 Å². The first kappa shape index (κ1) is 37.7. The number of aldehydes is 2. The van der Waals surface area contributed by atoms with E-state index in [1.807, 2.05) is 55.4 Å². The second-order valence-corrected chi connectivity index (χ2v) is 0.471. The van der Waals surface area contributed by atoms with Gasteiger partial charge in [0.2, 0.25) is 0 Å². The van der Waals surface area contributed by atoms with Gasteiger partial charge in [-0.1, -0.05) is 55.4 Å². The highest BCUT2D eigenvalue weighted by Crippen LogP contribution is 1.15. The van der Waals surface area contributed by atoms with Crippen molar-refractivity contribution in [2.24, 2.45) is 0 Å². The van der Waals surface area contributed by atoms with Gasteiger partial charge in [-0.15, -0.1) is 0 Å². The topological polar surface area (TPSA) is 34.1 Å². The molecule has 0 saturated heterocycles. The number of hydrogen-bond donors (Lipinski definition) is 0. The number of carbonyl (C=O) groups excluding carboxylic acids is 2. The van der Waals surface area contributed by atoms with E-state index in [1.54, 1.807) is 0 Å². The molecular weight excluding hydrogens is 176 g/mol. The van der Waals surface area contributed by atoms with Crippen LogP contribution in [0.3, 0.4) is 0 Å². The molecule has 0 unspecified atom stereocenters. The summed E-state index contributed by atoms with van der Waals surface area (Å²) >= 11 is 0. The minimum atomic E-state index is 0.750. The van der Waals surface area contributed by atoms with E-state index in [2.05, 4.69) is 0 Å². The third-order valence-electron chi connectivity index (χ3n) is 0. The fraction of sp³-hybridized carbons (Fsp3) is 0.833. The van der Waals surface area contributed by atoms with Crippen molar-refractivity contribution in [3.8, 4) is 0 Å². The molecule has 0 aliphatic carbocycles. The average Bonchev–Trinajstić information content (AvgIpc) is 2.31. The minimum Gasteiger partial charge on any atom is -0.304 e. The van der Waals surface area contributed by atoms with Crippen molar-refractivity contribution in [2.75, 3.05) is 0 Å². The molecule has 92 valence electrons. The van der Waals surface area contributed by atoms with Crippen LogP contribution in [0.5, 0.6) is 0 Å². The smallest absolute Gasteiger partial charge is 0.116 e. The Kier molecular flexibility index (Phi) is 2380. The van der Waals surface area contributed by atoms with Gasteiger partial charge in [0.15, 0.2) is 0 Å². The van der Waals surface area contributed by atoms with Gasteiger partial charge in [0.1, 0.15) is 12.6 Å². The molecule has 0 aliphatic rings. The predicted molar refractivity (Wildman–Crippen MR) is 68.9 cm³/mol. The third kappa shape index (κ3) is 2780. The summed E-state index contributed by atoms with van der Waals surface area (Å²) in [5.74, 6) is 0. The summed E-state index contributed by atoms with van der Waals surface area (Å²) in [5.41, 5.74) is 0. The fourth-order valence-electron chi connectivity index (χ4n) is 0. The number of hydrogen-bond acceptors (Lipinski definition) is 2. The van der Waals surface area contributed by atoms with E-state index in [0.29, 0.717) is 0 Å². The molecule has 0 rings (SSSR count). The Hall–Kier alpha value is -0.660. The Morgan fingerprint density at radius 3 is 0.500 bits per heavy atom. The first-order valence-corrected chi connectivity index (χ1v) is 5.63. The average molecular weight is 208 g/mol. The van der Waals surface area contributed by atoms with Crippen LogP contribution in [0.4, 0.5) is 0 Å². The largest absolute Gasteiger partial charge is 0.304 e. The van der Waals surface area contributed by atoms with E-state index in [1.165, 1.54) is 13.8 Å². The maximum Gasteiger partial charge on any atom is 0.116 e. The van der Waals surface area contributed by atoms with Gasteiger partial charge in [0.05, 0.1) is 0 Å². The second-order valence-electron chi connectivity index (χ2n) is 0.471. The van der Waals surface area contributed by atoms with Gasteiger partial charge in [0.25, 0.3) is 0 Å². The minimum absolute atomic E-state index is 0.750. The standard InChI is InChI=1S/2C2H4O.4C2H6/c2*1-2-3;4*1-2/h2*2H,1H3;4*1-2H3. The van der Waals surface area contributed by atoms with Crippen LogP contribution >= 0.6 is 0 Å². The summed E-state index contributed by atoms with van der Waals surface area (Å²) in [6, 6.07) is 0. The summed E-state index contributed by atoms with van der Waals surface area (Å²) in [6.07, 6.45) is 1.50. The van der Waals surface area contributed by atoms with Gasteiger partial charge in [-0.25, -0.2) is 0 Å². The van der Waals surface area contributed by atoms with E-state index < -0.39 is 0 Å². The molecule has 0 N–H and O–H groups in total. The Balaban J connectivity index is -0.0000000139. The fourth-order valence-corrected chi connectivity index (χ4v) is 0. The first-order chi connectivity index (χ1) is 6.83. The van der Waals surface area contributed by atoms with Crippen LogP contribution in [0, 0.1) is 0 Å². The highest BCUT2D eigenvalue weighted by Gasteiger charge is 1.24. The van der Waals surface area contributed by atoms with Crippen LogP contribution in [0.2, 0.25) is 0 Å². The lowest BCUT2D eigenvalue weighted by Crippen LogP contribution is -1.36. The lowest BCUT2D eigenvalue weighted by Gasteiger charge is -1.24. The summed E-state index contributed by atoms with van der Waals surface area (Å²) < 4.78 is 0. The zero-order valence-electron chi connectivity index (χ0n) is 12.0. The van der Waals surface area contributed by atoms with Crippen LogP contribution in [0.1, 0.15) is 69.2 Å². The van der Waals surface area contributed by atoms with Crippen molar-refractivity contribution in [1.29, 1.82) is 0 Å². The highest BCUT2D eigenvalue weighted by atomic mass is 16.1. The van der Waals surface area contributed by atoms with Gasteiger partial charge in [-0.3, -0.25) is 0 Å². The molecule has 0 aromatic rings. The summed E-state index contributed by atoms with van der Waals surface area (Å²) in [7, 11) is 0. The van der Waals surface area contributed by atoms with Gasteiger partial charge in [-0.05, 0) is 13.8 Å². The first-order valence-electron chi connectivity index (χ1n) is 5.63. The molecule has 0 atom stereocenters. The lowest BCUT2D eigenvalue weighted by molar-refractivity contribution is -0.106. The van der Waals surface area contributed by atoms with Crippen molar-refractivity contribution in [3.05, 3.63) is 0 Å². The summed E-state index contributed by atoms with van der Waals surface area (Å²) in [5, 5.41) is 0. The molecular formula is C12H32O2. The Morgan fingerprint density at radius 1 is 0.500 bits per heavy atom. The molecule has 0 heterocycles. The van der Waals surface area contributed by atoms with E-state index in [0.717, 1.165) is 12.6 Å². The number of carbonyl (C=O) groups is 2. The lowest BCUT2D eigenvalue weighted by atomic mass is 11.0. The Bertz CT molecular complexity index is 29.3. The van der Waals surface area contributed by atoms with Crippen LogP contribution < -0.4 is 0 Å². The molecule has 14 heavy (non-hydrogen) atoms. The summed E-state index contributed by atoms with van der Waals surface area (Å²) in [6.45, 7) is 18.9. The molecule has 0 saturated carbocycles. The molecule has 2 heteroatoms. The molecule has 0 radical (unpaired) electrons. The van der Waals surface area contributed by atoms with E-state index in [-0.39, 0.29) is 0 Å². The zero-order chi connectivity index (χ0) is 13.4. The molecule has 0 amide bonds. The highest BCUT2D eigenvalue weighted by molar-refractivity contribution is 5.44. The SMILES string of the molecule is CC.CC.CC.CC.CC=O.CC=O. The van der Waals surface area contributed by atoms with Crippen molar-refractivity contribution in [2.45, 2.75) is 69.2 Å². The quantitative estimate of drug-likeness (QED) is 0.549. The van der Waals surface area contributed by atoms with Gasteiger partial charge < -0.3 is 9.59 Å². The van der Waals surface area contributed by atoms with Crippen molar-refractivity contribution < 1.29 is 9.59 Å². The zero-order valence-corrected chi connectivity index (χ0v) is 12.0. The molecule has 2 nitrogen and oxygen atoms in total. The van der Waals surface area contributed by atoms with E-state index in [9.17, 15) is 0 Å². The molecule has 0 aromatic heterocycles. The molecule has 0 aliphatic heterocycles. The normalized spacial score (nSPS) is 3.57. The van der Waals surface area contributed by atoms with Crippen LogP contribution in [-0.4, -0.2) is 12.6 Å². The van der Waals surface area contributed by atoms with Crippen molar-refractivity contribution in [1.82, 2.24) is 0 Å². The maximum atomic E-state index is 8.81. The maximum absolute atomic E-state index is 8.81. The predicted octanol–water partition coefficient (Wildman–Crippen LogP) is 4.52. The van der Waals surface area contributed by atoms with Crippen molar-refractivity contribution >= 4 is 12.6 Å². The second kappa shape index (κ2) is 884. The van der Waals surface area contributed by atoms with Crippen LogP contribution in [0.15, 0.2) is 0 Å². The Morgan fingerprint density at radius 2 is 0.500 bits per heavy atom. The van der Waals surface area contributed by atoms with Gasteiger partial charge in [-0.2, -0.15) is 0 Å². The molecule has 0 bridgehead atoms. The van der Waals surface area contributed by atoms with Crippen LogP contribution in [-0.2, 0) is 9.59 Å². The monoisotopic (exact) mass is 208 g/mol. The summed E-state index contributed by atoms with van der Waals surface area (Å²) in [4.78, 5) is 17.6. The van der Waals surface area contributed by atoms with Crippen LogP contribution in [0.25, 0.3) is 0 Å². The van der Waals surface area contributed by atoms with E-state index >= 15 is 0 Å². The third-order valence-corrected chi connectivity index (χ3v) is 0. The van der Waals surface area contributed by atoms with Crippen molar-refractivity contribution in [3.63, 3.8) is 0 Å².